The molecule has 4 heteroatoms. The number of likely N-dealkylation sites (tertiary alicyclic amines) is 1. The number of halogens is 1. The van der Waals surface area contributed by atoms with E-state index in [1.54, 1.807) is 0 Å². The Morgan fingerprint density at radius 2 is 2.21 bits per heavy atom. The van der Waals surface area contributed by atoms with E-state index in [2.05, 4.69) is 20.8 Å². The Hall–Kier alpha value is -0.710. The Morgan fingerprint density at radius 1 is 1.42 bits per heavy atom. The van der Waals surface area contributed by atoms with E-state index in [0.717, 1.165) is 42.5 Å². The Morgan fingerprint density at radius 3 is 2.95 bits per heavy atom. The van der Waals surface area contributed by atoms with E-state index in [-0.39, 0.29) is 12.4 Å². The molecule has 1 atom stereocenters. The predicted molar refractivity (Wildman–Crippen MR) is 79.3 cm³/mol. The van der Waals surface area contributed by atoms with Crippen LogP contribution in [0.5, 0.6) is 0 Å². The number of carbonyl (C=O) groups is 1. The number of ketones is 1. The molecular weight excluding hydrogens is 306 g/mol. The highest BCUT2D eigenvalue weighted by Gasteiger charge is 2.20. The average Bonchev–Trinajstić information content (AvgIpc) is 2.45. The van der Waals surface area contributed by atoms with Gasteiger partial charge >= 0.3 is 0 Å². The van der Waals surface area contributed by atoms with Crippen LogP contribution in [0.1, 0.15) is 29.6 Å². The Bertz CT molecular complexity index is 436. The summed E-state index contributed by atoms with van der Waals surface area (Å²) in [4.78, 5) is 14.4. The van der Waals surface area contributed by atoms with Gasteiger partial charge in [0.2, 0.25) is 0 Å². The van der Waals surface area contributed by atoms with Crippen molar-refractivity contribution in [1.82, 2.24) is 4.90 Å². The molecule has 0 aliphatic carbocycles. The molecule has 1 saturated heterocycles. The lowest BCUT2D eigenvalue weighted by Gasteiger charge is -2.31. The second-order valence-corrected chi connectivity index (χ2v) is 6.00. The van der Waals surface area contributed by atoms with Gasteiger partial charge in [0.15, 0.2) is 5.78 Å². The number of rotatable bonds is 5. The van der Waals surface area contributed by atoms with Gasteiger partial charge in [-0.15, -0.1) is 0 Å². The van der Waals surface area contributed by atoms with Gasteiger partial charge < -0.3 is 10.0 Å². The van der Waals surface area contributed by atoms with Crippen LogP contribution in [0.15, 0.2) is 28.7 Å². The average molecular weight is 326 g/mol. The molecule has 1 heterocycles. The highest BCUT2D eigenvalue weighted by molar-refractivity contribution is 9.10. The third-order valence-electron chi connectivity index (χ3n) is 3.69. The van der Waals surface area contributed by atoms with Crippen molar-refractivity contribution in [1.29, 1.82) is 0 Å². The molecule has 1 aromatic rings. The number of hydrogen-bond acceptors (Lipinski definition) is 3. The smallest absolute Gasteiger partial charge is 0.165 e. The minimum Gasteiger partial charge on any atom is -0.396 e. The molecule has 19 heavy (non-hydrogen) atoms. The molecule has 1 aromatic carbocycles. The summed E-state index contributed by atoms with van der Waals surface area (Å²) in [6.45, 7) is 3.00. The molecule has 0 radical (unpaired) electrons. The first-order chi connectivity index (χ1) is 9.20. The molecule has 0 saturated carbocycles. The van der Waals surface area contributed by atoms with E-state index in [0.29, 0.717) is 12.3 Å². The highest BCUT2D eigenvalue weighted by Crippen LogP contribution is 2.19. The SMILES string of the molecule is O=C(CCN1CCCC(CO)C1)c1ccccc1Br. The van der Waals surface area contributed by atoms with Crippen molar-refractivity contribution in [2.45, 2.75) is 19.3 Å². The number of piperidine rings is 1. The second-order valence-electron chi connectivity index (χ2n) is 5.14. The number of benzene rings is 1. The summed E-state index contributed by atoms with van der Waals surface area (Å²) in [6, 6.07) is 7.56. The van der Waals surface area contributed by atoms with Crippen molar-refractivity contribution < 1.29 is 9.90 Å². The molecule has 1 N–H and O–H groups in total. The predicted octanol–water partition coefficient (Wildman–Crippen LogP) is 2.73. The minimum absolute atomic E-state index is 0.179. The summed E-state index contributed by atoms with van der Waals surface area (Å²) in [7, 11) is 0. The van der Waals surface area contributed by atoms with Crippen LogP contribution >= 0.6 is 15.9 Å². The molecule has 0 spiro atoms. The van der Waals surface area contributed by atoms with E-state index < -0.39 is 0 Å². The van der Waals surface area contributed by atoms with Crippen LogP contribution in [0, 0.1) is 5.92 Å². The van der Waals surface area contributed by atoms with Crippen LogP contribution in [0.2, 0.25) is 0 Å². The number of carbonyl (C=O) groups excluding carboxylic acids is 1. The number of aliphatic hydroxyl groups excluding tert-OH is 1. The largest absolute Gasteiger partial charge is 0.396 e. The molecule has 0 aromatic heterocycles. The molecule has 1 fully saturated rings. The first kappa shape index (κ1) is 14.7. The van der Waals surface area contributed by atoms with Crippen molar-refractivity contribution in [3.63, 3.8) is 0 Å². The zero-order valence-electron chi connectivity index (χ0n) is 11.0. The van der Waals surface area contributed by atoms with Crippen molar-refractivity contribution >= 4 is 21.7 Å². The molecule has 3 nitrogen and oxygen atoms in total. The summed E-state index contributed by atoms with van der Waals surface area (Å²) >= 11 is 3.42. The maximum atomic E-state index is 12.2. The van der Waals surface area contributed by atoms with Crippen LogP contribution in [-0.4, -0.2) is 42.0 Å². The summed E-state index contributed by atoms with van der Waals surface area (Å²) in [5.41, 5.74) is 0.762. The molecular formula is C15H20BrNO2. The number of Topliss-reactive ketones (excluding diaryl/α,β-unsaturated/α-hetero) is 1. The van der Waals surface area contributed by atoms with Gasteiger partial charge in [0.05, 0.1) is 0 Å². The molecule has 0 amide bonds. The van der Waals surface area contributed by atoms with E-state index in [1.807, 2.05) is 24.3 Å². The van der Waals surface area contributed by atoms with Crippen LogP contribution in [0.4, 0.5) is 0 Å². The van der Waals surface area contributed by atoms with Crippen LogP contribution in [-0.2, 0) is 0 Å². The first-order valence-corrected chi connectivity index (χ1v) is 7.61. The van der Waals surface area contributed by atoms with Gasteiger partial charge in [-0.25, -0.2) is 0 Å². The minimum atomic E-state index is 0.179. The lowest BCUT2D eigenvalue weighted by Crippen LogP contribution is -2.37. The molecule has 0 bridgehead atoms. The fourth-order valence-corrected chi connectivity index (χ4v) is 3.09. The maximum absolute atomic E-state index is 12.2. The molecule has 1 aliphatic rings. The number of nitrogens with zero attached hydrogens (tertiary/aromatic N) is 1. The van der Waals surface area contributed by atoms with Crippen LogP contribution < -0.4 is 0 Å². The summed E-state index contributed by atoms with van der Waals surface area (Å²) in [6.07, 6.45) is 2.76. The standard InChI is InChI=1S/C15H20BrNO2/c16-14-6-2-1-5-13(14)15(19)7-9-17-8-3-4-12(10-17)11-18/h1-2,5-6,12,18H,3-4,7-11H2. The first-order valence-electron chi connectivity index (χ1n) is 6.81. The quantitative estimate of drug-likeness (QED) is 0.846. The topological polar surface area (TPSA) is 40.5 Å². The van der Waals surface area contributed by atoms with Gasteiger partial charge in [0.1, 0.15) is 0 Å². The van der Waals surface area contributed by atoms with E-state index in [9.17, 15) is 9.90 Å². The van der Waals surface area contributed by atoms with Crippen molar-refractivity contribution in [3.05, 3.63) is 34.3 Å². The van der Waals surface area contributed by atoms with Gasteiger partial charge in [0, 0.05) is 36.2 Å². The third-order valence-corrected chi connectivity index (χ3v) is 4.38. The monoisotopic (exact) mass is 325 g/mol. The Kier molecular flexibility index (Phi) is 5.55. The van der Waals surface area contributed by atoms with Crippen LogP contribution in [0.3, 0.4) is 0 Å². The van der Waals surface area contributed by atoms with Gasteiger partial charge in [-0.1, -0.05) is 34.1 Å². The molecule has 1 unspecified atom stereocenters. The molecule has 1 aliphatic heterocycles. The highest BCUT2D eigenvalue weighted by atomic mass is 79.9. The number of hydrogen-bond donors (Lipinski definition) is 1. The van der Waals surface area contributed by atoms with Crippen LogP contribution in [0.25, 0.3) is 0 Å². The van der Waals surface area contributed by atoms with Gasteiger partial charge in [-0.05, 0) is 31.4 Å². The zero-order valence-corrected chi connectivity index (χ0v) is 12.6. The lowest BCUT2D eigenvalue weighted by molar-refractivity contribution is 0.0916. The summed E-state index contributed by atoms with van der Waals surface area (Å²) in [5.74, 6) is 0.561. The fraction of sp³-hybridized carbons (Fsp3) is 0.533. The van der Waals surface area contributed by atoms with Crippen molar-refractivity contribution in [2.75, 3.05) is 26.2 Å². The lowest BCUT2D eigenvalue weighted by atomic mass is 9.98. The molecule has 2 rings (SSSR count). The normalized spacial score (nSPS) is 20.4. The van der Waals surface area contributed by atoms with Gasteiger partial charge in [-0.2, -0.15) is 0 Å². The van der Waals surface area contributed by atoms with Gasteiger partial charge in [-0.3, -0.25) is 4.79 Å². The Labute approximate surface area is 122 Å². The zero-order chi connectivity index (χ0) is 13.7. The van der Waals surface area contributed by atoms with Crippen molar-refractivity contribution in [3.8, 4) is 0 Å². The van der Waals surface area contributed by atoms with E-state index in [1.165, 1.54) is 0 Å². The maximum Gasteiger partial charge on any atom is 0.165 e. The number of aliphatic hydroxyl groups is 1. The third kappa shape index (κ3) is 4.13. The van der Waals surface area contributed by atoms with E-state index in [4.69, 9.17) is 0 Å². The van der Waals surface area contributed by atoms with Gasteiger partial charge in [0.25, 0.3) is 0 Å². The second kappa shape index (κ2) is 7.17. The Balaban J connectivity index is 1.85. The molecule has 104 valence electrons. The van der Waals surface area contributed by atoms with Crippen molar-refractivity contribution in [2.24, 2.45) is 5.92 Å². The summed E-state index contributed by atoms with van der Waals surface area (Å²) < 4.78 is 0.867. The fourth-order valence-electron chi connectivity index (χ4n) is 2.59. The summed E-state index contributed by atoms with van der Waals surface area (Å²) in [5, 5.41) is 9.20. The van der Waals surface area contributed by atoms with E-state index >= 15 is 0 Å².